The van der Waals surface area contributed by atoms with E-state index in [0.29, 0.717) is 5.69 Å². The van der Waals surface area contributed by atoms with Crippen LogP contribution in [-0.4, -0.2) is 23.5 Å². The number of nitrogens with one attached hydrogen (secondary N) is 2. The molecule has 32 heavy (non-hydrogen) atoms. The minimum atomic E-state index is -0.642. The fraction of sp³-hybridized carbons (Fsp3) is 0.0800. The SMILES string of the molecule is O=C(CNC(=O)OCc1ccccc1)Nc1ccc(-c2csc(-c3ccccc3)n2)cc1. The molecule has 2 N–H and O–H groups in total. The molecule has 0 unspecified atom stereocenters. The molecule has 0 aliphatic heterocycles. The number of anilines is 1. The number of nitrogens with zero attached hydrogens (tertiary/aromatic N) is 1. The van der Waals surface area contributed by atoms with Crippen LogP contribution in [0.25, 0.3) is 21.8 Å². The highest BCUT2D eigenvalue weighted by Crippen LogP contribution is 2.29. The Morgan fingerprint density at radius 3 is 2.25 bits per heavy atom. The van der Waals surface area contributed by atoms with Crippen LogP contribution in [0.4, 0.5) is 10.5 Å². The van der Waals surface area contributed by atoms with Crippen molar-refractivity contribution in [3.8, 4) is 21.8 Å². The lowest BCUT2D eigenvalue weighted by atomic mass is 10.1. The van der Waals surface area contributed by atoms with Gasteiger partial charge in [0.2, 0.25) is 5.91 Å². The van der Waals surface area contributed by atoms with Gasteiger partial charge in [-0.15, -0.1) is 11.3 Å². The number of benzene rings is 3. The first-order valence-electron chi connectivity index (χ1n) is 10.0. The van der Waals surface area contributed by atoms with Gasteiger partial charge in [-0.3, -0.25) is 4.79 Å². The molecule has 0 radical (unpaired) electrons. The summed E-state index contributed by atoms with van der Waals surface area (Å²) in [5, 5.41) is 8.18. The predicted molar refractivity (Wildman–Crippen MR) is 126 cm³/mol. The topological polar surface area (TPSA) is 80.3 Å². The molecule has 0 spiro atoms. The summed E-state index contributed by atoms with van der Waals surface area (Å²) in [7, 11) is 0. The van der Waals surface area contributed by atoms with Crippen LogP contribution in [-0.2, 0) is 16.1 Å². The number of thiazole rings is 1. The van der Waals surface area contributed by atoms with Gasteiger partial charge in [0.15, 0.2) is 0 Å². The minimum Gasteiger partial charge on any atom is -0.445 e. The third-order valence-electron chi connectivity index (χ3n) is 4.60. The van der Waals surface area contributed by atoms with Crippen LogP contribution in [0.5, 0.6) is 0 Å². The number of aromatic nitrogens is 1. The molecule has 3 aromatic carbocycles. The Kier molecular flexibility index (Phi) is 6.89. The van der Waals surface area contributed by atoms with Gasteiger partial charge >= 0.3 is 6.09 Å². The molecular weight excluding hydrogens is 422 g/mol. The molecule has 160 valence electrons. The van der Waals surface area contributed by atoms with Gasteiger partial charge in [-0.1, -0.05) is 72.8 Å². The highest BCUT2D eigenvalue weighted by molar-refractivity contribution is 7.13. The Labute approximate surface area is 189 Å². The summed E-state index contributed by atoms with van der Waals surface area (Å²) >= 11 is 1.59. The minimum absolute atomic E-state index is 0.151. The zero-order chi connectivity index (χ0) is 22.2. The zero-order valence-electron chi connectivity index (χ0n) is 17.2. The highest BCUT2D eigenvalue weighted by atomic mass is 32.1. The summed E-state index contributed by atoms with van der Waals surface area (Å²) in [6, 6.07) is 26.8. The smallest absolute Gasteiger partial charge is 0.407 e. The van der Waals surface area contributed by atoms with Crippen molar-refractivity contribution in [2.45, 2.75) is 6.61 Å². The molecular formula is C25H21N3O3S. The summed E-state index contributed by atoms with van der Waals surface area (Å²) in [5.41, 5.74) is 4.45. The van der Waals surface area contributed by atoms with Crippen molar-refractivity contribution in [1.82, 2.24) is 10.3 Å². The molecule has 0 atom stereocenters. The number of hydrogen-bond donors (Lipinski definition) is 2. The third kappa shape index (κ3) is 5.80. The van der Waals surface area contributed by atoms with Crippen molar-refractivity contribution < 1.29 is 14.3 Å². The molecule has 4 rings (SSSR count). The molecule has 1 aromatic heterocycles. The normalized spacial score (nSPS) is 10.4. The number of rotatable bonds is 7. The lowest BCUT2D eigenvalue weighted by Crippen LogP contribution is -2.33. The average Bonchev–Trinajstić information content (AvgIpc) is 3.33. The number of hydrogen-bond acceptors (Lipinski definition) is 5. The van der Waals surface area contributed by atoms with Gasteiger partial charge in [0.25, 0.3) is 0 Å². The van der Waals surface area contributed by atoms with Gasteiger partial charge in [0.05, 0.1) is 5.69 Å². The number of carbonyl (C=O) groups is 2. The maximum Gasteiger partial charge on any atom is 0.407 e. The van der Waals surface area contributed by atoms with Crippen LogP contribution in [0, 0.1) is 0 Å². The second-order valence-corrected chi connectivity index (χ2v) is 7.80. The largest absolute Gasteiger partial charge is 0.445 e. The quantitative estimate of drug-likeness (QED) is 0.404. The number of ether oxygens (including phenoxy) is 1. The first kappa shape index (κ1) is 21.3. The van der Waals surface area contributed by atoms with Crippen molar-refractivity contribution in [3.63, 3.8) is 0 Å². The first-order valence-corrected chi connectivity index (χ1v) is 10.9. The predicted octanol–water partition coefficient (Wildman–Crippen LogP) is 5.34. The van der Waals surface area contributed by atoms with E-state index in [-0.39, 0.29) is 19.1 Å². The van der Waals surface area contributed by atoms with Crippen LogP contribution in [0.2, 0.25) is 0 Å². The second-order valence-electron chi connectivity index (χ2n) is 6.94. The molecule has 0 saturated heterocycles. The van der Waals surface area contributed by atoms with Crippen LogP contribution in [0.3, 0.4) is 0 Å². The van der Waals surface area contributed by atoms with E-state index in [1.807, 2.05) is 90.3 Å². The maximum absolute atomic E-state index is 12.1. The van der Waals surface area contributed by atoms with E-state index in [9.17, 15) is 9.59 Å². The average molecular weight is 444 g/mol. The van der Waals surface area contributed by atoms with Crippen LogP contribution in [0.15, 0.2) is 90.3 Å². The van der Waals surface area contributed by atoms with Crippen molar-refractivity contribution in [3.05, 3.63) is 95.9 Å². The Hall–Kier alpha value is -3.97. The number of amides is 2. The van der Waals surface area contributed by atoms with Gasteiger partial charge in [-0.2, -0.15) is 0 Å². The highest BCUT2D eigenvalue weighted by Gasteiger charge is 2.09. The van der Waals surface area contributed by atoms with Crippen molar-refractivity contribution in [2.24, 2.45) is 0 Å². The Morgan fingerprint density at radius 2 is 1.53 bits per heavy atom. The van der Waals surface area contributed by atoms with Crippen molar-refractivity contribution in [1.29, 1.82) is 0 Å². The van der Waals surface area contributed by atoms with Gasteiger partial charge in [-0.05, 0) is 17.7 Å². The Bertz CT molecular complexity index is 1180. The van der Waals surface area contributed by atoms with Crippen LogP contribution in [0.1, 0.15) is 5.56 Å². The van der Waals surface area contributed by atoms with E-state index in [4.69, 9.17) is 9.72 Å². The summed E-state index contributed by atoms with van der Waals surface area (Å²) in [4.78, 5) is 28.6. The molecule has 0 saturated carbocycles. The first-order chi connectivity index (χ1) is 15.7. The summed E-state index contributed by atoms with van der Waals surface area (Å²) in [5.74, 6) is -0.338. The standard InChI is InChI=1S/C25H21N3O3S/c29-23(15-26-25(30)31-16-18-7-3-1-4-8-18)27-21-13-11-19(12-14-21)22-17-32-24(28-22)20-9-5-2-6-10-20/h1-14,17H,15-16H2,(H,26,30)(H,27,29). The monoisotopic (exact) mass is 443 g/mol. The van der Waals surface area contributed by atoms with Gasteiger partial charge in [0.1, 0.15) is 18.2 Å². The summed E-state index contributed by atoms with van der Waals surface area (Å²) in [6.07, 6.45) is -0.642. The van der Waals surface area contributed by atoms with Gasteiger partial charge in [0, 0.05) is 22.2 Å². The summed E-state index contributed by atoms with van der Waals surface area (Å²) < 4.78 is 5.09. The van der Waals surface area contributed by atoms with Gasteiger partial charge < -0.3 is 15.4 Å². The van der Waals surface area contributed by atoms with Gasteiger partial charge in [-0.25, -0.2) is 9.78 Å². The maximum atomic E-state index is 12.1. The molecule has 6 nitrogen and oxygen atoms in total. The molecule has 7 heteroatoms. The van der Waals surface area contributed by atoms with E-state index < -0.39 is 6.09 Å². The van der Waals surface area contributed by atoms with Crippen LogP contribution >= 0.6 is 11.3 Å². The van der Waals surface area contributed by atoms with Crippen LogP contribution < -0.4 is 10.6 Å². The third-order valence-corrected chi connectivity index (χ3v) is 5.49. The van der Waals surface area contributed by atoms with Crippen molar-refractivity contribution >= 4 is 29.0 Å². The van der Waals surface area contributed by atoms with E-state index >= 15 is 0 Å². The fourth-order valence-electron chi connectivity index (χ4n) is 2.98. The fourth-order valence-corrected chi connectivity index (χ4v) is 3.81. The molecule has 0 aliphatic carbocycles. The van der Waals surface area contributed by atoms with E-state index in [1.165, 1.54) is 0 Å². The molecule has 4 aromatic rings. The number of alkyl carbamates (subject to hydrolysis) is 1. The Balaban J connectivity index is 1.26. The second kappa shape index (κ2) is 10.4. The van der Waals surface area contributed by atoms with E-state index in [0.717, 1.165) is 27.4 Å². The lowest BCUT2D eigenvalue weighted by Gasteiger charge is -2.08. The Morgan fingerprint density at radius 1 is 0.844 bits per heavy atom. The molecule has 0 fully saturated rings. The summed E-state index contributed by atoms with van der Waals surface area (Å²) in [6.45, 7) is -0.0275. The van der Waals surface area contributed by atoms with Crippen molar-refractivity contribution in [2.75, 3.05) is 11.9 Å². The number of carbonyl (C=O) groups excluding carboxylic acids is 2. The lowest BCUT2D eigenvalue weighted by molar-refractivity contribution is -0.115. The molecule has 0 bridgehead atoms. The molecule has 2 amide bonds. The molecule has 1 heterocycles. The van der Waals surface area contributed by atoms with E-state index in [2.05, 4.69) is 10.6 Å². The molecule has 0 aliphatic rings. The van der Waals surface area contributed by atoms with E-state index in [1.54, 1.807) is 11.3 Å². The zero-order valence-corrected chi connectivity index (χ0v) is 18.0.